The Labute approximate surface area is 104 Å². The minimum atomic E-state index is -0.0227. The van der Waals surface area contributed by atoms with Crippen molar-refractivity contribution < 1.29 is 9.47 Å². The van der Waals surface area contributed by atoms with Crippen molar-refractivity contribution in [1.82, 2.24) is 0 Å². The fraction of sp³-hybridized carbons (Fsp3) is 1.00. The van der Waals surface area contributed by atoms with Crippen molar-refractivity contribution in [3.63, 3.8) is 0 Å². The average Bonchev–Trinajstić information content (AvgIpc) is 2.73. The third kappa shape index (κ3) is 2.51. The van der Waals surface area contributed by atoms with Crippen LogP contribution in [0.25, 0.3) is 0 Å². The van der Waals surface area contributed by atoms with Crippen molar-refractivity contribution in [2.45, 2.75) is 75.0 Å². The van der Waals surface area contributed by atoms with E-state index in [1.165, 1.54) is 32.1 Å². The van der Waals surface area contributed by atoms with E-state index >= 15 is 0 Å². The molecule has 2 N–H and O–H groups in total. The summed E-state index contributed by atoms with van der Waals surface area (Å²) >= 11 is 0. The molecule has 2 aliphatic carbocycles. The van der Waals surface area contributed by atoms with E-state index in [1.807, 2.05) is 0 Å². The van der Waals surface area contributed by atoms with Crippen LogP contribution in [0.1, 0.15) is 57.8 Å². The highest BCUT2D eigenvalue weighted by atomic mass is 16.5. The molecule has 0 aromatic carbocycles. The molecule has 3 nitrogen and oxygen atoms in total. The molecule has 0 aromatic heterocycles. The third-order valence-electron chi connectivity index (χ3n) is 4.92. The lowest BCUT2D eigenvalue weighted by atomic mass is 9.74. The van der Waals surface area contributed by atoms with Gasteiger partial charge < -0.3 is 15.2 Å². The molecule has 1 spiro atoms. The molecule has 1 unspecified atom stereocenters. The number of ether oxygens (including phenoxy) is 2. The van der Waals surface area contributed by atoms with Crippen molar-refractivity contribution >= 4 is 0 Å². The van der Waals surface area contributed by atoms with Crippen LogP contribution in [0.5, 0.6) is 0 Å². The predicted octanol–water partition coefficient (Wildman–Crippen LogP) is 2.38. The Morgan fingerprint density at radius 2 is 1.88 bits per heavy atom. The van der Waals surface area contributed by atoms with E-state index in [1.54, 1.807) is 0 Å². The van der Waals surface area contributed by atoms with Crippen LogP contribution in [0.3, 0.4) is 0 Å². The van der Waals surface area contributed by atoms with Gasteiger partial charge in [0.05, 0.1) is 18.3 Å². The van der Waals surface area contributed by atoms with E-state index in [4.69, 9.17) is 15.2 Å². The van der Waals surface area contributed by atoms with Gasteiger partial charge in [-0.05, 0) is 38.5 Å². The van der Waals surface area contributed by atoms with Gasteiger partial charge in [-0.25, -0.2) is 0 Å². The molecule has 3 heteroatoms. The molecule has 3 rings (SSSR count). The molecule has 2 saturated carbocycles. The van der Waals surface area contributed by atoms with Gasteiger partial charge in [0, 0.05) is 18.6 Å². The Morgan fingerprint density at radius 3 is 2.53 bits per heavy atom. The summed E-state index contributed by atoms with van der Waals surface area (Å²) in [6, 6.07) is 0. The molecule has 1 atom stereocenters. The summed E-state index contributed by atoms with van der Waals surface area (Å²) in [6.07, 6.45) is 11.2. The minimum Gasteiger partial charge on any atom is -0.376 e. The third-order valence-corrected chi connectivity index (χ3v) is 4.92. The second-order valence-corrected chi connectivity index (χ2v) is 6.38. The van der Waals surface area contributed by atoms with E-state index in [-0.39, 0.29) is 11.1 Å². The molecule has 1 heterocycles. The Morgan fingerprint density at radius 1 is 1.12 bits per heavy atom. The highest BCUT2D eigenvalue weighted by Gasteiger charge is 2.43. The van der Waals surface area contributed by atoms with Gasteiger partial charge in [-0.3, -0.25) is 0 Å². The summed E-state index contributed by atoms with van der Waals surface area (Å²) in [4.78, 5) is 0. The second-order valence-electron chi connectivity index (χ2n) is 6.38. The summed E-state index contributed by atoms with van der Waals surface area (Å²) in [5.41, 5.74) is 6.51. The van der Waals surface area contributed by atoms with Crippen molar-refractivity contribution in [1.29, 1.82) is 0 Å². The lowest BCUT2D eigenvalue weighted by Gasteiger charge is -2.47. The lowest BCUT2D eigenvalue weighted by molar-refractivity contribution is -0.172. The molecular weight excluding hydrogens is 214 g/mol. The van der Waals surface area contributed by atoms with Crippen LogP contribution in [0.2, 0.25) is 0 Å². The Balaban J connectivity index is 1.48. The predicted molar refractivity (Wildman–Crippen MR) is 66.9 cm³/mol. The monoisotopic (exact) mass is 239 g/mol. The highest BCUT2D eigenvalue weighted by Crippen LogP contribution is 2.43. The molecule has 0 bridgehead atoms. The summed E-state index contributed by atoms with van der Waals surface area (Å²) < 4.78 is 12.0. The Kier molecular flexibility index (Phi) is 3.18. The first kappa shape index (κ1) is 11.9. The molecule has 0 aromatic rings. The fourth-order valence-electron chi connectivity index (χ4n) is 3.55. The highest BCUT2D eigenvalue weighted by molar-refractivity contribution is 4.95. The standard InChI is InChI=1S/C14H25NO2/c15-13(5-1-2-6-13)11-16-12-4-9-17-14(10-12)7-3-8-14/h12H,1-11,15H2. The quantitative estimate of drug-likeness (QED) is 0.822. The molecule has 17 heavy (non-hydrogen) atoms. The maximum absolute atomic E-state index is 6.33. The van der Waals surface area contributed by atoms with E-state index in [9.17, 15) is 0 Å². The molecule has 1 aliphatic heterocycles. The largest absolute Gasteiger partial charge is 0.376 e. The first-order valence-corrected chi connectivity index (χ1v) is 7.24. The molecule has 3 aliphatic rings. The van der Waals surface area contributed by atoms with Gasteiger partial charge in [-0.1, -0.05) is 12.8 Å². The van der Waals surface area contributed by atoms with Crippen molar-refractivity contribution in [3.8, 4) is 0 Å². The lowest BCUT2D eigenvalue weighted by Crippen LogP contribution is -2.49. The number of hydrogen-bond donors (Lipinski definition) is 1. The maximum atomic E-state index is 6.33. The second kappa shape index (κ2) is 4.52. The topological polar surface area (TPSA) is 44.5 Å². The van der Waals surface area contributed by atoms with Crippen LogP contribution in [-0.4, -0.2) is 30.5 Å². The van der Waals surface area contributed by atoms with Gasteiger partial charge in [-0.2, -0.15) is 0 Å². The van der Waals surface area contributed by atoms with E-state index in [0.29, 0.717) is 6.10 Å². The smallest absolute Gasteiger partial charge is 0.0707 e. The van der Waals surface area contributed by atoms with Gasteiger partial charge >= 0.3 is 0 Å². The first-order chi connectivity index (χ1) is 8.20. The first-order valence-electron chi connectivity index (χ1n) is 7.24. The normalized spacial score (nSPS) is 34.8. The van der Waals surface area contributed by atoms with E-state index < -0.39 is 0 Å². The zero-order chi connectivity index (χ0) is 11.8. The minimum absolute atomic E-state index is 0.0227. The number of hydrogen-bond acceptors (Lipinski definition) is 3. The van der Waals surface area contributed by atoms with Crippen LogP contribution < -0.4 is 5.73 Å². The number of rotatable bonds is 3. The van der Waals surface area contributed by atoms with E-state index in [2.05, 4.69) is 0 Å². The summed E-state index contributed by atoms with van der Waals surface area (Å²) in [5, 5.41) is 0. The zero-order valence-electron chi connectivity index (χ0n) is 10.7. The van der Waals surface area contributed by atoms with Crippen LogP contribution in [0.15, 0.2) is 0 Å². The molecule has 0 amide bonds. The fourth-order valence-corrected chi connectivity index (χ4v) is 3.55. The Hall–Kier alpha value is -0.120. The van der Waals surface area contributed by atoms with Gasteiger partial charge in [0.1, 0.15) is 0 Å². The molecular formula is C14H25NO2. The molecule has 98 valence electrons. The van der Waals surface area contributed by atoms with Crippen LogP contribution in [0.4, 0.5) is 0 Å². The number of nitrogens with two attached hydrogens (primary N) is 1. The molecule has 1 saturated heterocycles. The van der Waals surface area contributed by atoms with Crippen LogP contribution in [0, 0.1) is 0 Å². The zero-order valence-corrected chi connectivity index (χ0v) is 10.7. The van der Waals surface area contributed by atoms with Crippen molar-refractivity contribution in [2.24, 2.45) is 5.73 Å². The van der Waals surface area contributed by atoms with Crippen LogP contribution in [-0.2, 0) is 9.47 Å². The van der Waals surface area contributed by atoms with Crippen LogP contribution >= 0.6 is 0 Å². The van der Waals surface area contributed by atoms with Gasteiger partial charge in [0.15, 0.2) is 0 Å². The maximum Gasteiger partial charge on any atom is 0.0707 e. The Bertz CT molecular complexity index is 269. The SMILES string of the molecule is NC1(COC2CCOC3(CCC3)C2)CCCC1. The van der Waals surface area contributed by atoms with Gasteiger partial charge in [-0.15, -0.1) is 0 Å². The molecule has 0 radical (unpaired) electrons. The summed E-state index contributed by atoms with van der Waals surface area (Å²) in [7, 11) is 0. The summed E-state index contributed by atoms with van der Waals surface area (Å²) in [6.45, 7) is 1.63. The van der Waals surface area contributed by atoms with Crippen molar-refractivity contribution in [3.05, 3.63) is 0 Å². The van der Waals surface area contributed by atoms with Gasteiger partial charge in [0.2, 0.25) is 0 Å². The summed E-state index contributed by atoms with van der Waals surface area (Å²) in [5.74, 6) is 0. The average molecular weight is 239 g/mol. The van der Waals surface area contributed by atoms with Crippen molar-refractivity contribution in [2.75, 3.05) is 13.2 Å². The van der Waals surface area contributed by atoms with E-state index in [0.717, 1.165) is 38.9 Å². The van der Waals surface area contributed by atoms with Gasteiger partial charge in [0.25, 0.3) is 0 Å². The molecule has 3 fully saturated rings.